The molecule has 0 bridgehead atoms. The minimum absolute atomic E-state index is 0.0321. The molecule has 0 saturated carbocycles. The molecular weight excluding hydrogens is 215 g/mol. The van der Waals surface area contributed by atoms with Crippen molar-refractivity contribution < 1.29 is 33.0 Å². The zero-order valence-electron chi connectivity index (χ0n) is 8.01. The summed E-state index contributed by atoms with van der Waals surface area (Å²) in [4.78, 5) is 19.1. The van der Waals surface area contributed by atoms with Crippen LogP contribution in [0.25, 0.3) is 0 Å². The highest BCUT2D eigenvalue weighted by atomic mass is 31.2. The first kappa shape index (κ1) is 13.3. The van der Waals surface area contributed by atoms with Crippen LogP contribution in [0.15, 0.2) is 12.2 Å². The Labute approximate surface area is 81.0 Å². The number of rotatable bonds is 6. The summed E-state index contributed by atoms with van der Waals surface area (Å²) in [6.07, 6.45) is 0. The highest BCUT2D eigenvalue weighted by Crippen LogP contribution is 2.50. The zero-order chi connectivity index (χ0) is 11.2. The van der Waals surface area contributed by atoms with Crippen molar-refractivity contribution in [3.05, 3.63) is 12.2 Å². The van der Waals surface area contributed by atoms with Gasteiger partial charge in [0, 0.05) is 5.57 Å². The second-order valence-corrected chi connectivity index (χ2v) is 3.46. The van der Waals surface area contributed by atoms with E-state index >= 15 is 0 Å². The lowest BCUT2D eigenvalue weighted by molar-refractivity contribution is -0.257. The molecule has 0 rings (SSSR count). The molecule has 82 valence electrons. The molecule has 0 aromatic carbocycles. The number of carbonyl (C=O) groups excluding carboxylic acids is 1. The van der Waals surface area contributed by atoms with Gasteiger partial charge in [0.15, 0.2) is 0 Å². The summed E-state index contributed by atoms with van der Waals surface area (Å²) in [5, 5.41) is 0. The van der Waals surface area contributed by atoms with Gasteiger partial charge in [-0.15, -0.1) is 9.35 Å². The van der Waals surface area contributed by atoms with Crippen molar-refractivity contribution >= 4 is 13.8 Å². The molecule has 0 aliphatic rings. The van der Waals surface area contributed by atoms with Crippen LogP contribution < -0.4 is 0 Å². The standard InChI is InChI=1S/C6H11O7P/c1-5(2)6(7)11-14(8,12-9-3)13-10-4/h1H2,2-4H3. The quantitative estimate of drug-likeness (QED) is 0.293. The fraction of sp³-hybridized carbons (Fsp3) is 0.500. The van der Waals surface area contributed by atoms with Crippen LogP contribution >= 0.6 is 7.82 Å². The molecule has 14 heavy (non-hydrogen) atoms. The Balaban J connectivity index is 4.44. The second-order valence-electron chi connectivity index (χ2n) is 2.09. The molecule has 8 heteroatoms. The molecule has 7 nitrogen and oxygen atoms in total. The predicted octanol–water partition coefficient (Wildman–Crippen LogP) is 1.37. The van der Waals surface area contributed by atoms with Gasteiger partial charge in [-0.1, -0.05) is 6.58 Å². The molecule has 0 fully saturated rings. The van der Waals surface area contributed by atoms with Gasteiger partial charge in [-0.25, -0.2) is 19.1 Å². The smallest absolute Gasteiger partial charge is 0.364 e. The molecule has 0 spiro atoms. The average Bonchev–Trinajstić information content (AvgIpc) is 2.04. The third kappa shape index (κ3) is 4.50. The van der Waals surface area contributed by atoms with Crippen molar-refractivity contribution in [3.63, 3.8) is 0 Å². The van der Waals surface area contributed by atoms with E-state index in [9.17, 15) is 9.36 Å². The normalized spacial score (nSPS) is 11.1. The maximum Gasteiger partial charge on any atom is 0.588 e. The minimum atomic E-state index is -4.18. The maximum atomic E-state index is 11.3. The number of hydrogen-bond acceptors (Lipinski definition) is 7. The molecule has 0 aliphatic heterocycles. The summed E-state index contributed by atoms with van der Waals surface area (Å²) in [6.45, 7) is 4.64. The van der Waals surface area contributed by atoms with Crippen molar-refractivity contribution in [1.29, 1.82) is 0 Å². The molecule has 0 heterocycles. The molecule has 0 aromatic heterocycles. The summed E-state index contributed by atoms with van der Waals surface area (Å²) in [5.41, 5.74) is 0.0321. The van der Waals surface area contributed by atoms with Gasteiger partial charge >= 0.3 is 13.8 Å². The first-order valence-corrected chi connectivity index (χ1v) is 4.85. The molecule has 0 radical (unpaired) electrons. The molecular formula is C6H11O7P. The number of hydrogen-bond donors (Lipinski definition) is 0. The van der Waals surface area contributed by atoms with E-state index in [1.807, 2.05) is 0 Å². The summed E-state index contributed by atoms with van der Waals surface area (Å²) in [5.74, 6) is -0.942. The monoisotopic (exact) mass is 226 g/mol. The van der Waals surface area contributed by atoms with Gasteiger partial charge < -0.3 is 4.52 Å². The molecule has 0 unspecified atom stereocenters. The average molecular weight is 226 g/mol. The van der Waals surface area contributed by atoms with E-state index in [0.29, 0.717) is 0 Å². The Kier molecular flexibility index (Phi) is 5.59. The minimum Gasteiger partial charge on any atom is -0.364 e. The summed E-state index contributed by atoms with van der Waals surface area (Å²) < 4.78 is 23.9. The molecule has 0 amide bonds. The SMILES string of the molecule is C=C(C)C(=O)OP(=O)(OOC)OOC. The highest BCUT2D eigenvalue weighted by molar-refractivity contribution is 7.48. The lowest BCUT2D eigenvalue weighted by atomic mass is 10.4. The van der Waals surface area contributed by atoms with E-state index in [1.54, 1.807) is 0 Å². The van der Waals surface area contributed by atoms with Crippen molar-refractivity contribution in [2.24, 2.45) is 0 Å². The lowest BCUT2D eigenvalue weighted by Crippen LogP contribution is -2.07. The molecule has 0 aliphatic carbocycles. The predicted molar refractivity (Wildman–Crippen MR) is 44.7 cm³/mol. The van der Waals surface area contributed by atoms with Crippen molar-refractivity contribution in [3.8, 4) is 0 Å². The van der Waals surface area contributed by atoms with E-state index in [2.05, 4.69) is 30.2 Å². The van der Waals surface area contributed by atoms with Crippen LogP contribution in [0, 0.1) is 0 Å². The van der Waals surface area contributed by atoms with Gasteiger partial charge in [0.25, 0.3) is 0 Å². The van der Waals surface area contributed by atoms with Gasteiger partial charge in [0.1, 0.15) is 0 Å². The van der Waals surface area contributed by atoms with Crippen molar-refractivity contribution in [2.75, 3.05) is 14.2 Å². The van der Waals surface area contributed by atoms with Crippen LogP contribution in [0.3, 0.4) is 0 Å². The van der Waals surface area contributed by atoms with E-state index in [0.717, 1.165) is 14.2 Å². The largest absolute Gasteiger partial charge is 0.588 e. The number of carbonyl (C=O) groups is 1. The van der Waals surface area contributed by atoms with E-state index in [1.165, 1.54) is 6.92 Å². The van der Waals surface area contributed by atoms with Gasteiger partial charge in [0.05, 0.1) is 14.2 Å². The Hall–Kier alpha value is -0.720. The first-order valence-electron chi connectivity index (χ1n) is 3.39. The van der Waals surface area contributed by atoms with Gasteiger partial charge in [-0.2, -0.15) is 0 Å². The van der Waals surface area contributed by atoms with Crippen LogP contribution in [-0.4, -0.2) is 20.2 Å². The van der Waals surface area contributed by atoms with Crippen LogP contribution in [-0.2, 0) is 33.0 Å². The molecule has 0 aromatic rings. The Morgan fingerprint density at radius 3 is 1.93 bits per heavy atom. The third-order valence-corrected chi connectivity index (χ3v) is 1.93. The molecule has 0 saturated heterocycles. The summed E-state index contributed by atoms with van der Waals surface area (Å²) >= 11 is 0. The lowest BCUT2D eigenvalue weighted by Gasteiger charge is -2.12. The fourth-order valence-corrected chi connectivity index (χ4v) is 1.21. The van der Waals surface area contributed by atoms with Crippen LogP contribution in [0.5, 0.6) is 0 Å². The second kappa shape index (κ2) is 5.90. The van der Waals surface area contributed by atoms with Crippen LogP contribution in [0.4, 0.5) is 0 Å². The summed E-state index contributed by atoms with van der Waals surface area (Å²) in [6, 6.07) is 0. The van der Waals surface area contributed by atoms with Crippen molar-refractivity contribution in [1.82, 2.24) is 0 Å². The Morgan fingerprint density at radius 1 is 1.21 bits per heavy atom. The van der Waals surface area contributed by atoms with E-state index < -0.39 is 13.8 Å². The van der Waals surface area contributed by atoms with Gasteiger partial charge in [0.2, 0.25) is 0 Å². The third-order valence-electron chi connectivity index (χ3n) is 0.875. The zero-order valence-corrected chi connectivity index (χ0v) is 8.91. The topological polar surface area (TPSA) is 80.3 Å². The van der Waals surface area contributed by atoms with Gasteiger partial charge in [-0.3, -0.25) is 0 Å². The molecule has 0 atom stereocenters. The highest BCUT2D eigenvalue weighted by Gasteiger charge is 2.34. The summed E-state index contributed by atoms with van der Waals surface area (Å²) in [7, 11) is -2.04. The Bertz CT molecular complexity index is 251. The first-order chi connectivity index (χ1) is 6.45. The van der Waals surface area contributed by atoms with Gasteiger partial charge in [-0.05, 0) is 6.92 Å². The molecule has 0 N–H and O–H groups in total. The van der Waals surface area contributed by atoms with Crippen LogP contribution in [0.1, 0.15) is 6.92 Å². The number of phosphoric acid groups is 1. The van der Waals surface area contributed by atoms with Crippen LogP contribution in [0.2, 0.25) is 0 Å². The van der Waals surface area contributed by atoms with Crippen molar-refractivity contribution in [2.45, 2.75) is 6.92 Å². The van der Waals surface area contributed by atoms with E-state index in [-0.39, 0.29) is 5.57 Å². The van der Waals surface area contributed by atoms with E-state index in [4.69, 9.17) is 0 Å². The fourth-order valence-electron chi connectivity index (χ4n) is 0.405. The Morgan fingerprint density at radius 2 is 1.64 bits per heavy atom. The maximum absolute atomic E-state index is 11.3.